The lowest BCUT2D eigenvalue weighted by molar-refractivity contribution is -0.137. The highest BCUT2D eigenvalue weighted by Gasteiger charge is 2.35. The first-order chi connectivity index (χ1) is 14.3. The zero-order valence-electron chi connectivity index (χ0n) is 16.3. The maximum absolute atomic E-state index is 12.9. The second-order valence-corrected chi connectivity index (χ2v) is 7.38. The fraction of sp³-hybridized carbons (Fsp3) is 0.318. The number of carbonyl (C=O) groups is 1. The largest absolute Gasteiger partial charge is 0.416 e. The van der Waals surface area contributed by atoms with Gasteiger partial charge in [0.2, 0.25) is 17.6 Å². The molecule has 1 aliphatic heterocycles. The first kappa shape index (κ1) is 20.1. The van der Waals surface area contributed by atoms with E-state index in [9.17, 15) is 18.0 Å². The van der Waals surface area contributed by atoms with Gasteiger partial charge in [0.05, 0.1) is 11.5 Å². The van der Waals surface area contributed by atoms with Gasteiger partial charge in [0.25, 0.3) is 0 Å². The standard InChI is InChI=1S/C22H20F3N3O2/c1-2-14-6-8-15(9-7-14)12-28-13-17(11-19(28)29)21-26-20(27-30-21)16-4-3-5-18(10-16)22(23,24)25/h3-10,17H,2,11-13H2,1H3. The van der Waals surface area contributed by atoms with Crippen LogP contribution in [0.5, 0.6) is 0 Å². The predicted octanol–water partition coefficient (Wildman–Crippen LogP) is 4.83. The molecule has 1 amide bonds. The van der Waals surface area contributed by atoms with E-state index in [1.54, 1.807) is 4.90 Å². The molecule has 0 bridgehead atoms. The Kier molecular flexibility index (Phi) is 5.32. The summed E-state index contributed by atoms with van der Waals surface area (Å²) in [5, 5.41) is 3.82. The third-order valence-electron chi connectivity index (χ3n) is 5.26. The number of halogens is 3. The molecule has 1 fully saturated rings. The Balaban J connectivity index is 1.47. The van der Waals surface area contributed by atoms with E-state index in [0.29, 0.717) is 13.1 Å². The van der Waals surface area contributed by atoms with E-state index >= 15 is 0 Å². The summed E-state index contributed by atoms with van der Waals surface area (Å²) in [4.78, 5) is 18.4. The van der Waals surface area contributed by atoms with Crippen LogP contribution in [0, 0.1) is 0 Å². The summed E-state index contributed by atoms with van der Waals surface area (Å²) in [6.07, 6.45) is -3.26. The van der Waals surface area contributed by atoms with Crippen LogP contribution in [0.25, 0.3) is 11.4 Å². The number of likely N-dealkylation sites (tertiary alicyclic amines) is 1. The minimum absolute atomic E-state index is 0.0154. The number of nitrogens with zero attached hydrogens (tertiary/aromatic N) is 3. The average Bonchev–Trinajstić information content (AvgIpc) is 3.35. The predicted molar refractivity (Wildman–Crippen MR) is 103 cm³/mol. The second kappa shape index (κ2) is 7.93. The Bertz CT molecular complexity index is 1040. The molecule has 0 spiro atoms. The second-order valence-electron chi connectivity index (χ2n) is 7.38. The van der Waals surface area contributed by atoms with Gasteiger partial charge in [0, 0.05) is 25.1 Å². The molecule has 0 radical (unpaired) electrons. The summed E-state index contributed by atoms with van der Waals surface area (Å²) in [7, 11) is 0. The molecule has 3 aromatic rings. The summed E-state index contributed by atoms with van der Waals surface area (Å²) < 4.78 is 44.1. The molecular formula is C22H20F3N3O2. The average molecular weight is 415 g/mol. The highest BCUT2D eigenvalue weighted by molar-refractivity contribution is 5.79. The van der Waals surface area contributed by atoms with Crippen LogP contribution in [0.1, 0.15) is 41.8 Å². The van der Waals surface area contributed by atoms with E-state index < -0.39 is 11.7 Å². The summed E-state index contributed by atoms with van der Waals surface area (Å²) in [6.45, 7) is 3.01. The molecule has 2 aromatic carbocycles. The molecule has 30 heavy (non-hydrogen) atoms. The SMILES string of the molecule is CCc1ccc(CN2CC(c3nc(-c4cccc(C(F)(F)F)c4)no3)CC2=O)cc1. The van der Waals surface area contributed by atoms with Crippen molar-refractivity contribution in [2.24, 2.45) is 0 Å². The molecule has 156 valence electrons. The normalized spacial score (nSPS) is 17.0. The van der Waals surface area contributed by atoms with E-state index in [1.165, 1.54) is 17.7 Å². The van der Waals surface area contributed by atoms with Gasteiger partial charge in [-0.25, -0.2) is 0 Å². The molecule has 0 aliphatic carbocycles. The molecule has 0 saturated carbocycles. The van der Waals surface area contributed by atoms with Crippen LogP contribution in [0.15, 0.2) is 53.1 Å². The van der Waals surface area contributed by atoms with Crippen LogP contribution in [-0.4, -0.2) is 27.5 Å². The first-order valence-electron chi connectivity index (χ1n) is 9.70. The lowest BCUT2D eigenvalue weighted by atomic mass is 10.1. The van der Waals surface area contributed by atoms with Gasteiger partial charge in [0.15, 0.2) is 0 Å². The van der Waals surface area contributed by atoms with Crippen LogP contribution in [0.3, 0.4) is 0 Å². The minimum atomic E-state index is -4.45. The summed E-state index contributed by atoms with van der Waals surface area (Å²) in [6, 6.07) is 12.9. The van der Waals surface area contributed by atoms with Crippen molar-refractivity contribution in [1.82, 2.24) is 15.0 Å². The number of benzene rings is 2. The van der Waals surface area contributed by atoms with Crippen LogP contribution >= 0.6 is 0 Å². The number of amides is 1. The van der Waals surface area contributed by atoms with Crippen LogP contribution in [0.4, 0.5) is 13.2 Å². The molecule has 1 atom stereocenters. The van der Waals surface area contributed by atoms with Crippen LogP contribution in [-0.2, 0) is 23.9 Å². The van der Waals surface area contributed by atoms with Crippen molar-refractivity contribution in [3.63, 3.8) is 0 Å². The first-order valence-corrected chi connectivity index (χ1v) is 9.70. The van der Waals surface area contributed by atoms with Crippen molar-refractivity contribution in [3.05, 3.63) is 71.1 Å². The van der Waals surface area contributed by atoms with Gasteiger partial charge >= 0.3 is 6.18 Å². The number of aromatic nitrogens is 2. The fourth-order valence-electron chi connectivity index (χ4n) is 3.54. The van der Waals surface area contributed by atoms with Gasteiger partial charge in [-0.15, -0.1) is 0 Å². The third-order valence-corrected chi connectivity index (χ3v) is 5.26. The molecule has 2 heterocycles. The number of rotatable bonds is 5. The molecule has 0 N–H and O–H groups in total. The minimum Gasteiger partial charge on any atom is -0.339 e. The topological polar surface area (TPSA) is 59.2 Å². The molecule has 4 rings (SSSR count). The Morgan fingerprint density at radius 2 is 1.87 bits per heavy atom. The molecule has 1 unspecified atom stereocenters. The van der Waals surface area contributed by atoms with Gasteiger partial charge in [0.1, 0.15) is 0 Å². The van der Waals surface area contributed by atoms with Gasteiger partial charge in [-0.3, -0.25) is 4.79 Å². The van der Waals surface area contributed by atoms with Crippen molar-refractivity contribution in [1.29, 1.82) is 0 Å². The van der Waals surface area contributed by atoms with Crippen LogP contribution in [0.2, 0.25) is 0 Å². The molecule has 1 saturated heterocycles. The Morgan fingerprint density at radius 3 is 2.57 bits per heavy atom. The molecule has 1 aliphatic rings. The maximum atomic E-state index is 12.9. The van der Waals surface area contributed by atoms with E-state index in [0.717, 1.165) is 24.1 Å². The molecule has 8 heteroatoms. The van der Waals surface area contributed by atoms with Crippen molar-refractivity contribution >= 4 is 5.91 Å². The third kappa shape index (κ3) is 4.22. The highest BCUT2D eigenvalue weighted by atomic mass is 19.4. The van der Waals surface area contributed by atoms with E-state index in [1.807, 2.05) is 24.3 Å². The molecular weight excluding hydrogens is 395 g/mol. The number of aryl methyl sites for hydroxylation is 1. The van der Waals surface area contributed by atoms with Crippen molar-refractivity contribution in [3.8, 4) is 11.4 Å². The maximum Gasteiger partial charge on any atom is 0.416 e. The summed E-state index contributed by atoms with van der Waals surface area (Å²) >= 11 is 0. The Morgan fingerprint density at radius 1 is 1.13 bits per heavy atom. The monoisotopic (exact) mass is 415 g/mol. The zero-order chi connectivity index (χ0) is 21.3. The number of hydrogen-bond donors (Lipinski definition) is 0. The van der Waals surface area contributed by atoms with Crippen molar-refractivity contribution in [2.45, 2.75) is 38.4 Å². The highest BCUT2D eigenvalue weighted by Crippen LogP contribution is 2.33. The van der Waals surface area contributed by atoms with Gasteiger partial charge in [-0.05, 0) is 29.7 Å². The quantitative estimate of drug-likeness (QED) is 0.599. The lowest BCUT2D eigenvalue weighted by Gasteiger charge is -2.16. The van der Waals surface area contributed by atoms with E-state index in [2.05, 4.69) is 17.1 Å². The molecule has 5 nitrogen and oxygen atoms in total. The van der Waals surface area contributed by atoms with Gasteiger partial charge < -0.3 is 9.42 Å². The van der Waals surface area contributed by atoms with Gasteiger partial charge in [-0.2, -0.15) is 18.2 Å². The number of alkyl halides is 3. The van der Waals surface area contributed by atoms with Crippen molar-refractivity contribution < 1.29 is 22.5 Å². The molecule has 1 aromatic heterocycles. The Labute approximate surface area is 171 Å². The summed E-state index contributed by atoms with van der Waals surface area (Å²) in [5.74, 6) is 0.0506. The van der Waals surface area contributed by atoms with Crippen LogP contribution < -0.4 is 0 Å². The van der Waals surface area contributed by atoms with Crippen molar-refractivity contribution in [2.75, 3.05) is 6.54 Å². The fourth-order valence-corrected chi connectivity index (χ4v) is 3.54. The Hall–Kier alpha value is -3.16. The lowest BCUT2D eigenvalue weighted by Crippen LogP contribution is -2.24. The zero-order valence-corrected chi connectivity index (χ0v) is 16.3. The van der Waals surface area contributed by atoms with Gasteiger partial charge in [-0.1, -0.05) is 48.5 Å². The van der Waals surface area contributed by atoms with E-state index in [4.69, 9.17) is 4.52 Å². The number of hydrogen-bond acceptors (Lipinski definition) is 4. The summed E-state index contributed by atoms with van der Waals surface area (Å²) in [5.41, 5.74) is 1.72. The number of carbonyl (C=O) groups excluding carboxylic acids is 1. The smallest absolute Gasteiger partial charge is 0.339 e. The van der Waals surface area contributed by atoms with E-state index in [-0.39, 0.29) is 35.5 Å².